The van der Waals surface area contributed by atoms with Crippen LogP contribution in [0.15, 0.2) is 94.9 Å². The Morgan fingerprint density at radius 1 is 0.975 bits per heavy atom. The van der Waals surface area contributed by atoms with Gasteiger partial charge in [-0.05, 0) is 91.6 Å². The summed E-state index contributed by atoms with van der Waals surface area (Å²) in [6.07, 6.45) is -0.598. The number of carbonyl (C=O) groups is 2. The summed E-state index contributed by atoms with van der Waals surface area (Å²) in [5.74, 6) is -1.19. The molecule has 5 rings (SSSR count). The molecule has 3 aromatic carbocycles. The maximum Gasteiger partial charge on any atom is 0.416 e. The highest BCUT2D eigenvalue weighted by atomic mass is 35.5. The molecule has 4 aromatic rings. The van der Waals surface area contributed by atoms with Gasteiger partial charge in [-0.1, -0.05) is 29.4 Å². The first-order chi connectivity index (χ1) is 19.1. The van der Waals surface area contributed by atoms with Crippen LogP contribution in [-0.4, -0.2) is 28.4 Å². The van der Waals surface area contributed by atoms with Crippen LogP contribution >= 0.6 is 23.4 Å². The van der Waals surface area contributed by atoms with Gasteiger partial charge in [-0.15, -0.1) is 0 Å². The highest BCUT2D eigenvalue weighted by Gasteiger charge is 2.30. The van der Waals surface area contributed by atoms with Crippen molar-refractivity contribution in [2.75, 3.05) is 11.4 Å². The van der Waals surface area contributed by atoms with Gasteiger partial charge in [-0.3, -0.25) is 9.78 Å². The summed E-state index contributed by atoms with van der Waals surface area (Å²) in [5.41, 5.74) is 0.993. The van der Waals surface area contributed by atoms with Crippen LogP contribution in [0.25, 0.3) is 0 Å². The van der Waals surface area contributed by atoms with Crippen molar-refractivity contribution < 1.29 is 27.9 Å². The number of alkyl halides is 3. The van der Waals surface area contributed by atoms with E-state index >= 15 is 0 Å². The number of carboxylic acids is 1. The molecule has 0 amide bonds. The summed E-state index contributed by atoms with van der Waals surface area (Å²) in [6.45, 7) is 0.809. The molecule has 0 atom stereocenters. The number of nitrogens with zero attached hydrogens (tertiary/aromatic N) is 2. The van der Waals surface area contributed by atoms with E-state index in [1.165, 1.54) is 30.3 Å². The van der Waals surface area contributed by atoms with Gasteiger partial charge in [0.25, 0.3) is 0 Å². The fourth-order valence-electron chi connectivity index (χ4n) is 4.16. The molecule has 1 saturated carbocycles. The van der Waals surface area contributed by atoms with Crippen molar-refractivity contribution in [1.82, 2.24) is 4.98 Å². The number of aromatic carboxylic acids is 1. The van der Waals surface area contributed by atoms with E-state index in [-0.39, 0.29) is 26.6 Å². The average molecular weight is 583 g/mol. The van der Waals surface area contributed by atoms with Crippen molar-refractivity contribution in [3.63, 3.8) is 0 Å². The molecule has 0 saturated heterocycles. The maximum atomic E-state index is 13.2. The SMILES string of the molecule is O=C(c1ccc(Sc2cccc(C(F)(F)F)c2)c(C(=O)O)c1)c1ccc(N(CC2CC2)c2ccc(Cl)cc2)cn1. The number of pyridine rings is 1. The monoisotopic (exact) mass is 582 g/mol. The Morgan fingerprint density at radius 2 is 1.70 bits per heavy atom. The Morgan fingerprint density at radius 3 is 2.33 bits per heavy atom. The predicted molar refractivity (Wildman–Crippen MR) is 148 cm³/mol. The minimum absolute atomic E-state index is 0.110. The van der Waals surface area contributed by atoms with E-state index in [9.17, 15) is 27.9 Å². The molecular formula is C30H22ClF3N2O3S. The molecule has 0 spiro atoms. The van der Waals surface area contributed by atoms with Crippen LogP contribution in [-0.2, 0) is 6.18 Å². The van der Waals surface area contributed by atoms with E-state index in [1.807, 2.05) is 24.3 Å². The topological polar surface area (TPSA) is 70.5 Å². The van der Waals surface area contributed by atoms with Crippen LogP contribution < -0.4 is 4.90 Å². The van der Waals surface area contributed by atoms with Gasteiger partial charge in [0.05, 0.1) is 23.0 Å². The van der Waals surface area contributed by atoms with Gasteiger partial charge in [0.15, 0.2) is 0 Å². The average Bonchev–Trinajstić information content (AvgIpc) is 3.76. The third kappa shape index (κ3) is 6.48. The third-order valence-electron chi connectivity index (χ3n) is 6.43. The lowest BCUT2D eigenvalue weighted by Crippen LogP contribution is -2.20. The molecule has 0 bridgehead atoms. The zero-order chi connectivity index (χ0) is 28.4. The summed E-state index contributed by atoms with van der Waals surface area (Å²) in [7, 11) is 0. The van der Waals surface area contributed by atoms with Gasteiger partial charge in [0, 0.05) is 32.6 Å². The van der Waals surface area contributed by atoms with Gasteiger partial charge in [-0.25, -0.2) is 4.79 Å². The smallest absolute Gasteiger partial charge is 0.416 e. The number of aromatic nitrogens is 1. The van der Waals surface area contributed by atoms with Gasteiger partial charge < -0.3 is 10.0 Å². The van der Waals surface area contributed by atoms with E-state index in [0.29, 0.717) is 10.9 Å². The number of halogens is 4. The minimum atomic E-state index is -4.52. The normalized spacial score (nSPS) is 13.2. The molecule has 0 radical (unpaired) electrons. The molecule has 1 aliphatic carbocycles. The van der Waals surface area contributed by atoms with Crippen molar-refractivity contribution >= 4 is 46.5 Å². The zero-order valence-corrected chi connectivity index (χ0v) is 22.4. The molecule has 1 aromatic heterocycles. The second-order valence-electron chi connectivity index (χ2n) is 9.40. The zero-order valence-electron chi connectivity index (χ0n) is 20.9. The van der Waals surface area contributed by atoms with Gasteiger partial charge in [-0.2, -0.15) is 13.2 Å². The van der Waals surface area contributed by atoms with Crippen LogP contribution in [0, 0.1) is 5.92 Å². The number of benzene rings is 3. The Kier molecular flexibility index (Phi) is 7.87. The Hall–Kier alpha value is -3.82. The fraction of sp³-hybridized carbons (Fsp3) is 0.167. The summed E-state index contributed by atoms with van der Waals surface area (Å²) >= 11 is 6.93. The number of rotatable bonds is 9. The van der Waals surface area contributed by atoms with Gasteiger partial charge >= 0.3 is 12.1 Å². The molecule has 204 valence electrons. The highest BCUT2D eigenvalue weighted by Crippen LogP contribution is 2.37. The van der Waals surface area contributed by atoms with Gasteiger partial charge in [0.1, 0.15) is 5.69 Å². The Labute approximate surface area is 237 Å². The first kappa shape index (κ1) is 27.7. The van der Waals surface area contributed by atoms with Crippen molar-refractivity contribution in [3.8, 4) is 0 Å². The number of ketones is 1. The van der Waals surface area contributed by atoms with E-state index in [4.69, 9.17) is 11.6 Å². The van der Waals surface area contributed by atoms with E-state index in [1.54, 1.807) is 18.3 Å². The summed E-state index contributed by atoms with van der Waals surface area (Å²) in [6, 6.07) is 19.6. The maximum absolute atomic E-state index is 13.2. The molecule has 10 heteroatoms. The molecule has 5 nitrogen and oxygen atoms in total. The van der Waals surface area contributed by atoms with Crippen LogP contribution in [0.5, 0.6) is 0 Å². The number of carbonyl (C=O) groups excluding carboxylic acids is 1. The van der Waals surface area contributed by atoms with E-state index < -0.39 is 23.5 Å². The minimum Gasteiger partial charge on any atom is -0.478 e. The molecule has 1 aliphatic rings. The quantitative estimate of drug-likeness (QED) is 0.200. The second kappa shape index (κ2) is 11.3. The van der Waals surface area contributed by atoms with E-state index in [0.717, 1.165) is 54.7 Å². The third-order valence-corrected chi connectivity index (χ3v) is 7.75. The molecule has 0 unspecified atom stereocenters. The molecule has 40 heavy (non-hydrogen) atoms. The first-order valence-corrected chi connectivity index (χ1v) is 13.5. The Balaban J connectivity index is 1.38. The largest absolute Gasteiger partial charge is 0.478 e. The molecule has 1 heterocycles. The molecule has 1 fully saturated rings. The van der Waals surface area contributed by atoms with Gasteiger partial charge in [0.2, 0.25) is 5.78 Å². The predicted octanol–water partition coefficient (Wildman–Crippen LogP) is 8.38. The summed E-state index contributed by atoms with van der Waals surface area (Å²) in [5, 5.41) is 10.4. The van der Waals surface area contributed by atoms with Crippen LogP contribution in [0.3, 0.4) is 0 Å². The Bertz CT molecular complexity index is 1560. The van der Waals surface area contributed by atoms with E-state index in [2.05, 4.69) is 9.88 Å². The van der Waals surface area contributed by atoms with Crippen LogP contribution in [0.4, 0.5) is 24.5 Å². The standard InChI is InChI=1S/C30H22ClF3N2O3S/c31-21-7-9-22(10-8-21)36(17-18-4-5-18)23-11-12-26(35-16-23)28(37)19-6-13-27(25(14-19)29(38)39)40-24-3-1-2-20(15-24)30(32,33)34/h1-3,6-16,18H,4-5,17H2,(H,38,39). The first-order valence-electron chi connectivity index (χ1n) is 12.3. The second-order valence-corrected chi connectivity index (χ2v) is 11.0. The molecule has 0 aliphatic heterocycles. The number of hydrogen-bond donors (Lipinski definition) is 1. The number of carboxylic acid groups (broad SMARTS) is 1. The van der Waals surface area contributed by atoms with Crippen LogP contribution in [0.2, 0.25) is 5.02 Å². The molecule has 1 N–H and O–H groups in total. The van der Waals surface area contributed by atoms with Crippen molar-refractivity contribution in [1.29, 1.82) is 0 Å². The lowest BCUT2D eigenvalue weighted by atomic mass is 10.0. The van der Waals surface area contributed by atoms with Crippen molar-refractivity contribution in [3.05, 3.63) is 112 Å². The summed E-state index contributed by atoms with van der Waals surface area (Å²) in [4.78, 5) is 32.1. The molecular weight excluding hydrogens is 561 g/mol. The van der Waals surface area contributed by atoms with Crippen LogP contribution in [0.1, 0.15) is 44.8 Å². The highest BCUT2D eigenvalue weighted by molar-refractivity contribution is 7.99. The lowest BCUT2D eigenvalue weighted by Gasteiger charge is -2.25. The number of hydrogen-bond acceptors (Lipinski definition) is 5. The van der Waals surface area contributed by atoms with Crippen molar-refractivity contribution in [2.24, 2.45) is 5.92 Å². The van der Waals surface area contributed by atoms with Crippen molar-refractivity contribution in [2.45, 2.75) is 28.8 Å². The number of anilines is 2. The fourth-order valence-corrected chi connectivity index (χ4v) is 5.26. The lowest BCUT2D eigenvalue weighted by molar-refractivity contribution is -0.137. The summed E-state index contributed by atoms with van der Waals surface area (Å²) < 4.78 is 39.3.